The van der Waals surface area contributed by atoms with Gasteiger partial charge in [-0.05, 0) is 43.3 Å². The number of benzene rings is 2. The molecule has 0 heterocycles. The smallest absolute Gasteiger partial charge is 0.241 e. The predicted molar refractivity (Wildman–Crippen MR) is 90.0 cm³/mol. The van der Waals surface area contributed by atoms with E-state index >= 15 is 0 Å². The molecule has 0 saturated heterocycles. The molecule has 0 bridgehead atoms. The second-order valence-electron chi connectivity index (χ2n) is 4.71. The van der Waals surface area contributed by atoms with Crippen molar-refractivity contribution in [2.45, 2.75) is 11.8 Å². The van der Waals surface area contributed by atoms with E-state index in [-0.39, 0.29) is 17.2 Å². The van der Waals surface area contributed by atoms with Crippen molar-refractivity contribution in [3.05, 3.63) is 64.7 Å². The fraction of sp³-hybridized carbons (Fsp3) is 0.118. The SMILES string of the molecule is CC(=O)c1ccc(C#CCNS(=O)(=O)c2ccc(Cl)cc2)cc1. The van der Waals surface area contributed by atoms with Crippen LogP contribution in [0.5, 0.6) is 0 Å². The largest absolute Gasteiger partial charge is 0.295 e. The molecular weight excluding hydrogens is 334 g/mol. The van der Waals surface area contributed by atoms with Gasteiger partial charge in [0, 0.05) is 16.1 Å². The second kappa shape index (κ2) is 7.42. The van der Waals surface area contributed by atoms with Crippen molar-refractivity contribution < 1.29 is 13.2 Å². The zero-order chi connectivity index (χ0) is 16.9. The highest BCUT2D eigenvalue weighted by Crippen LogP contribution is 2.13. The van der Waals surface area contributed by atoms with Gasteiger partial charge < -0.3 is 0 Å². The lowest BCUT2D eigenvalue weighted by molar-refractivity contribution is 0.101. The Morgan fingerprint density at radius 2 is 1.70 bits per heavy atom. The quantitative estimate of drug-likeness (QED) is 0.683. The number of hydrogen-bond acceptors (Lipinski definition) is 3. The van der Waals surface area contributed by atoms with Gasteiger partial charge in [-0.3, -0.25) is 4.79 Å². The second-order valence-corrected chi connectivity index (χ2v) is 6.92. The molecule has 2 aromatic rings. The highest BCUT2D eigenvalue weighted by molar-refractivity contribution is 7.89. The van der Waals surface area contributed by atoms with Gasteiger partial charge in [0.1, 0.15) is 0 Å². The molecule has 0 amide bonds. The van der Waals surface area contributed by atoms with E-state index in [1.54, 1.807) is 24.3 Å². The van der Waals surface area contributed by atoms with Crippen molar-refractivity contribution in [3.8, 4) is 11.8 Å². The fourth-order valence-electron chi connectivity index (χ4n) is 1.76. The number of halogens is 1. The molecule has 0 unspecified atom stereocenters. The number of carbonyl (C=O) groups excluding carboxylic acids is 1. The fourth-order valence-corrected chi connectivity index (χ4v) is 2.81. The van der Waals surface area contributed by atoms with E-state index < -0.39 is 10.0 Å². The van der Waals surface area contributed by atoms with Gasteiger partial charge in [-0.15, -0.1) is 0 Å². The normalized spacial score (nSPS) is 10.7. The topological polar surface area (TPSA) is 63.2 Å². The van der Waals surface area contributed by atoms with Crippen LogP contribution in [0.25, 0.3) is 0 Å². The first-order valence-electron chi connectivity index (χ1n) is 6.73. The summed E-state index contributed by atoms with van der Waals surface area (Å²) in [6.07, 6.45) is 0. The van der Waals surface area contributed by atoms with Crippen molar-refractivity contribution in [1.29, 1.82) is 0 Å². The van der Waals surface area contributed by atoms with Crippen LogP contribution < -0.4 is 4.72 Å². The highest BCUT2D eigenvalue weighted by Gasteiger charge is 2.11. The molecule has 4 nitrogen and oxygen atoms in total. The van der Waals surface area contributed by atoms with E-state index in [0.29, 0.717) is 16.1 Å². The van der Waals surface area contributed by atoms with Gasteiger partial charge in [-0.25, -0.2) is 8.42 Å². The Hall–Kier alpha value is -2.13. The molecule has 118 valence electrons. The number of nitrogens with one attached hydrogen (secondary N) is 1. The number of sulfonamides is 1. The Morgan fingerprint density at radius 1 is 1.09 bits per heavy atom. The summed E-state index contributed by atoms with van der Waals surface area (Å²) >= 11 is 5.73. The van der Waals surface area contributed by atoms with E-state index in [9.17, 15) is 13.2 Å². The van der Waals surface area contributed by atoms with Crippen molar-refractivity contribution in [2.75, 3.05) is 6.54 Å². The van der Waals surface area contributed by atoms with Crippen LogP contribution in [0.15, 0.2) is 53.4 Å². The molecule has 0 aliphatic heterocycles. The summed E-state index contributed by atoms with van der Waals surface area (Å²) < 4.78 is 26.4. The number of hydrogen-bond donors (Lipinski definition) is 1. The Balaban J connectivity index is 1.99. The predicted octanol–water partition coefficient (Wildman–Crippen LogP) is 2.87. The van der Waals surface area contributed by atoms with E-state index in [1.165, 1.54) is 31.2 Å². The standard InChI is InChI=1S/C17H14ClNO3S/c1-13(20)15-6-4-14(5-7-15)3-2-12-19-23(21,22)17-10-8-16(18)9-11-17/h4-11,19H,12H2,1H3. The molecule has 2 aromatic carbocycles. The molecule has 0 saturated carbocycles. The van der Waals surface area contributed by atoms with E-state index in [1.807, 2.05) is 0 Å². The van der Waals surface area contributed by atoms with Gasteiger partial charge in [0.25, 0.3) is 0 Å². The first-order valence-corrected chi connectivity index (χ1v) is 8.60. The molecule has 0 fully saturated rings. The molecule has 0 aliphatic rings. The summed E-state index contributed by atoms with van der Waals surface area (Å²) in [7, 11) is -3.61. The third-order valence-corrected chi connectivity index (χ3v) is 4.67. The van der Waals surface area contributed by atoms with Crippen molar-refractivity contribution in [1.82, 2.24) is 4.72 Å². The van der Waals surface area contributed by atoms with E-state index in [2.05, 4.69) is 16.6 Å². The van der Waals surface area contributed by atoms with Crippen LogP contribution in [0.3, 0.4) is 0 Å². The number of ketones is 1. The first-order chi connectivity index (χ1) is 10.9. The van der Waals surface area contributed by atoms with Gasteiger partial charge in [0.05, 0.1) is 11.4 Å². The molecule has 6 heteroatoms. The van der Waals surface area contributed by atoms with Crippen LogP contribution in [0.2, 0.25) is 5.02 Å². The number of rotatable bonds is 4. The van der Waals surface area contributed by atoms with Gasteiger partial charge in [-0.2, -0.15) is 4.72 Å². The molecular formula is C17H14ClNO3S. The Kier molecular flexibility index (Phi) is 5.56. The zero-order valence-corrected chi connectivity index (χ0v) is 13.9. The molecule has 0 aliphatic carbocycles. The molecule has 0 radical (unpaired) electrons. The maximum absolute atomic E-state index is 12.0. The summed E-state index contributed by atoms with van der Waals surface area (Å²) in [5.41, 5.74) is 1.32. The average Bonchev–Trinajstić information content (AvgIpc) is 2.52. The minimum Gasteiger partial charge on any atom is -0.295 e. The Morgan fingerprint density at radius 3 is 2.26 bits per heavy atom. The molecule has 2 rings (SSSR count). The van der Waals surface area contributed by atoms with Crippen LogP contribution in [0.1, 0.15) is 22.8 Å². The van der Waals surface area contributed by atoms with Gasteiger partial charge in [0.15, 0.2) is 5.78 Å². The Bertz CT molecular complexity index is 861. The lowest BCUT2D eigenvalue weighted by Crippen LogP contribution is -2.23. The monoisotopic (exact) mass is 347 g/mol. The minimum atomic E-state index is -3.61. The molecule has 0 spiro atoms. The molecule has 0 atom stereocenters. The Labute approximate surface area is 140 Å². The zero-order valence-electron chi connectivity index (χ0n) is 12.3. The van der Waals surface area contributed by atoms with Gasteiger partial charge >= 0.3 is 0 Å². The first kappa shape index (κ1) is 17.2. The van der Waals surface area contributed by atoms with Crippen LogP contribution in [0, 0.1) is 11.8 Å². The summed E-state index contributed by atoms with van der Waals surface area (Å²) in [6.45, 7) is 1.48. The lowest BCUT2D eigenvalue weighted by atomic mass is 10.1. The summed E-state index contributed by atoms with van der Waals surface area (Å²) in [5, 5.41) is 0.470. The minimum absolute atomic E-state index is 0.0137. The number of carbonyl (C=O) groups is 1. The van der Waals surface area contributed by atoms with Crippen LogP contribution in [0.4, 0.5) is 0 Å². The van der Waals surface area contributed by atoms with Crippen molar-refractivity contribution in [3.63, 3.8) is 0 Å². The molecule has 0 aromatic heterocycles. The third kappa shape index (κ3) is 4.93. The van der Waals surface area contributed by atoms with Crippen molar-refractivity contribution in [2.24, 2.45) is 0 Å². The van der Waals surface area contributed by atoms with Crippen LogP contribution >= 0.6 is 11.6 Å². The summed E-state index contributed by atoms with van der Waals surface area (Å²) in [5.74, 6) is 5.56. The van der Waals surface area contributed by atoms with Crippen LogP contribution in [-0.4, -0.2) is 20.7 Å². The lowest BCUT2D eigenvalue weighted by Gasteiger charge is -2.03. The maximum atomic E-state index is 12.0. The molecule has 1 N–H and O–H groups in total. The maximum Gasteiger partial charge on any atom is 0.241 e. The van der Waals surface area contributed by atoms with Crippen LogP contribution in [-0.2, 0) is 10.0 Å². The van der Waals surface area contributed by atoms with Gasteiger partial charge in [0.2, 0.25) is 10.0 Å². The summed E-state index contributed by atoms with van der Waals surface area (Å²) in [4.78, 5) is 11.3. The highest BCUT2D eigenvalue weighted by atomic mass is 35.5. The number of Topliss-reactive ketones (excluding diaryl/α,β-unsaturated/α-hetero) is 1. The third-order valence-electron chi connectivity index (χ3n) is 3.00. The van der Waals surface area contributed by atoms with Crippen molar-refractivity contribution >= 4 is 27.4 Å². The summed E-state index contributed by atoms with van der Waals surface area (Å²) in [6, 6.07) is 12.7. The average molecular weight is 348 g/mol. The van der Waals surface area contributed by atoms with E-state index in [0.717, 1.165) is 0 Å². The molecule has 23 heavy (non-hydrogen) atoms. The van der Waals surface area contributed by atoms with E-state index in [4.69, 9.17) is 11.6 Å². The van der Waals surface area contributed by atoms with Gasteiger partial charge in [-0.1, -0.05) is 35.6 Å².